The van der Waals surface area contributed by atoms with Gasteiger partial charge in [-0.15, -0.1) is 0 Å². The van der Waals surface area contributed by atoms with Crippen molar-refractivity contribution in [3.05, 3.63) is 0 Å². The summed E-state index contributed by atoms with van der Waals surface area (Å²) in [5.74, 6) is -0.682. The number of carboxylic acid groups (broad SMARTS) is 1. The van der Waals surface area contributed by atoms with Crippen LogP contribution in [0.3, 0.4) is 0 Å². The van der Waals surface area contributed by atoms with E-state index in [1.807, 2.05) is 0 Å². The Morgan fingerprint density at radius 3 is 0.789 bits per heavy atom. The van der Waals surface area contributed by atoms with Crippen LogP contribution >= 0.6 is 0 Å². The molecule has 0 aromatic rings. The summed E-state index contributed by atoms with van der Waals surface area (Å²) >= 11 is 0. The molecule has 0 aromatic heterocycles. The van der Waals surface area contributed by atoms with E-state index in [4.69, 9.17) is 15.3 Å². The Kier molecular flexibility index (Phi) is 47.9. The summed E-state index contributed by atoms with van der Waals surface area (Å²) in [6.07, 6.45) is 35.8. The zero-order chi connectivity index (χ0) is 28.8. The van der Waals surface area contributed by atoms with E-state index in [1.54, 1.807) is 0 Å². The van der Waals surface area contributed by atoms with Crippen molar-refractivity contribution < 1.29 is 20.1 Å². The van der Waals surface area contributed by atoms with Crippen LogP contribution in [0, 0.1) is 0 Å². The van der Waals surface area contributed by atoms with Crippen LogP contribution in [0.25, 0.3) is 0 Å². The molecular weight excluding hydrogens is 472 g/mol. The summed E-state index contributed by atoms with van der Waals surface area (Å²) in [4.78, 5) is 9.87. The lowest BCUT2D eigenvalue weighted by atomic mass is 10.1. The maximum atomic E-state index is 9.87. The van der Waals surface area contributed by atoms with E-state index in [0.29, 0.717) is 19.6 Å². The monoisotopic (exact) mass is 545 g/mol. The van der Waals surface area contributed by atoms with E-state index in [2.05, 4.69) is 20.8 Å². The number of carboxylic acids is 1. The molecule has 232 valence electrons. The molecule has 0 aliphatic rings. The lowest BCUT2D eigenvalue weighted by Gasteiger charge is -2.01. The third-order valence-corrected chi connectivity index (χ3v) is 7.02. The largest absolute Gasteiger partial charge is 0.481 e. The summed E-state index contributed by atoms with van der Waals surface area (Å²) < 4.78 is 0. The van der Waals surface area contributed by atoms with Crippen molar-refractivity contribution in [2.24, 2.45) is 0 Å². The van der Waals surface area contributed by atoms with Crippen molar-refractivity contribution in [1.82, 2.24) is 0 Å². The number of carbonyl (C=O) groups is 1. The quantitative estimate of drug-likeness (QED) is 0.0856. The van der Waals surface area contributed by atoms with Crippen LogP contribution in [-0.4, -0.2) is 34.5 Å². The minimum atomic E-state index is -0.682. The first-order valence-electron chi connectivity index (χ1n) is 17.0. The molecule has 0 bridgehead atoms. The molecule has 0 aliphatic carbocycles. The molecule has 0 aromatic carbocycles. The lowest BCUT2D eigenvalue weighted by molar-refractivity contribution is -0.137. The maximum absolute atomic E-state index is 9.87. The molecule has 0 spiro atoms. The first kappa shape index (κ1) is 41.9. The summed E-state index contributed by atoms with van der Waals surface area (Å²) in [5.41, 5.74) is 0. The molecular formula is C34H72O4. The molecule has 4 heteroatoms. The van der Waals surface area contributed by atoms with Crippen molar-refractivity contribution in [2.45, 2.75) is 201 Å². The molecule has 0 amide bonds. The van der Waals surface area contributed by atoms with Gasteiger partial charge in [0.2, 0.25) is 0 Å². The molecule has 0 heterocycles. The number of aliphatic carboxylic acids is 1. The number of hydrogen-bond acceptors (Lipinski definition) is 3. The molecule has 0 saturated carbocycles. The Labute approximate surface area is 239 Å². The Morgan fingerprint density at radius 1 is 0.368 bits per heavy atom. The zero-order valence-electron chi connectivity index (χ0n) is 26.5. The van der Waals surface area contributed by atoms with Crippen molar-refractivity contribution in [3.8, 4) is 0 Å². The van der Waals surface area contributed by atoms with Gasteiger partial charge in [-0.1, -0.05) is 175 Å². The fourth-order valence-electron chi connectivity index (χ4n) is 4.43. The van der Waals surface area contributed by atoms with Gasteiger partial charge in [-0.2, -0.15) is 0 Å². The standard InChI is InChI=1S/2C14H30O.C6H12O2/c2*1-2-3-4-5-6-7-8-9-10-11-12-13-14-15;1-2-3-4-5-6(7)8/h2*15H,2-14H2,1H3;2-5H2,1H3,(H,7,8). The van der Waals surface area contributed by atoms with Crippen LogP contribution in [0.5, 0.6) is 0 Å². The topological polar surface area (TPSA) is 77.8 Å². The van der Waals surface area contributed by atoms with Crippen LogP contribution < -0.4 is 0 Å². The molecule has 38 heavy (non-hydrogen) atoms. The molecule has 0 unspecified atom stereocenters. The van der Waals surface area contributed by atoms with Gasteiger partial charge in [0.1, 0.15) is 0 Å². The third kappa shape index (κ3) is 51.9. The average molecular weight is 545 g/mol. The zero-order valence-corrected chi connectivity index (χ0v) is 26.5. The SMILES string of the molecule is CCCCCC(=O)O.CCCCCCCCCCCCCCO.CCCCCCCCCCCCCCO. The van der Waals surface area contributed by atoms with E-state index < -0.39 is 5.97 Å². The minimum Gasteiger partial charge on any atom is -0.481 e. The van der Waals surface area contributed by atoms with Crippen molar-refractivity contribution in [2.75, 3.05) is 13.2 Å². The van der Waals surface area contributed by atoms with Crippen LogP contribution in [0.1, 0.15) is 201 Å². The molecule has 0 saturated heterocycles. The van der Waals surface area contributed by atoms with Crippen LogP contribution in [0.4, 0.5) is 0 Å². The van der Waals surface area contributed by atoms with Gasteiger partial charge in [-0.3, -0.25) is 4.79 Å². The summed E-state index contributed by atoms with van der Waals surface area (Å²) in [6, 6.07) is 0. The number of rotatable bonds is 28. The Balaban J connectivity index is -0.000000508. The highest BCUT2D eigenvalue weighted by atomic mass is 16.4. The smallest absolute Gasteiger partial charge is 0.303 e. The number of aliphatic hydroxyl groups is 2. The number of aliphatic hydroxyl groups excluding tert-OH is 2. The lowest BCUT2D eigenvalue weighted by Crippen LogP contribution is -1.92. The molecule has 0 atom stereocenters. The Bertz CT molecular complexity index is 337. The summed E-state index contributed by atoms with van der Waals surface area (Å²) in [7, 11) is 0. The van der Waals surface area contributed by atoms with Crippen LogP contribution in [-0.2, 0) is 4.79 Å². The fraction of sp³-hybridized carbons (Fsp3) is 0.971. The van der Waals surface area contributed by atoms with E-state index >= 15 is 0 Å². The van der Waals surface area contributed by atoms with Crippen molar-refractivity contribution in [3.63, 3.8) is 0 Å². The van der Waals surface area contributed by atoms with Gasteiger partial charge in [0, 0.05) is 19.6 Å². The number of hydrogen-bond donors (Lipinski definition) is 3. The third-order valence-electron chi connectivity index (χ3n) is 7.02. The molecule has 4 nitrogen and oxygen atoms in total. The van der Waals surface area contributed by atoms with Gasteiger partial charge in [0.05, 0.1) is 0 Å². The van der Waals surface area contributed by atoms with Gasteiger partial charge >= 0.3 is 5.97 Å². The second kappa shape index (κ2) is 43.4. The first-order valence-corrected chi connectivity index (χ1v) is 17.0. The van der Waals surface area contributed by atoms with E-state index in [-0.39, 0.29) is 0 Å². The van der Waals surface area contributed by atoms with Crippen LogP contribution in [0.2, 0.25) is 0 Å². The normalized spacial score (nSPS) is 10.4. The molecule has 0 radical (unpaired) electrons. The van der Waals surface area contributed by atoms with Gasteiger partial charge in [0.15, 0.2) is 0 Å². The van der Waals surface area contributed by atoms with Gasteiger partial charge < -0.3 is 15.3 Å². The number of unbranched alkanes of at least 4 members (excludes halogenated alkanes) is 24. The highest BCUT2D eigenvalue weighted by Gasteiger charge is 1.94. The minimum absolute atomic E-state index is 0.327. The van der Waals surface area contributed by atoms with Gasteiger partial charge in [-0.05, 0) is 19.3 Å². The van der Waals surface area contributed by atoms with Crippen molar-refractivity contribution >= 4 is 5.97 Å². The van der Waals surface area contributed by atoms with E-state index in [0.717, 1.165) is 32.1 Å². The molecule has 0 rings (SSSR count). The predicted molar refractivity (Wildman–Crippen MR) is 168 cm³/mol. The Morgan fingerprint density at radius 2 is 0.579 bits per heavy atom. The predicted octanol–water partition coefficient (Wildman–Crippen LogP) is 11.0. The molecule has 0 fully saturated rings. The Hall–Kier alpha value is -0.610. The highest BCUT2D eigenvalue weighted by molar-refractivity contribution is 5.66. The first-order chi connectivity index (χ1) is 18.6. The van der Waals surface area contributed by atoms with Crippen LogP contribution in [0.15, 0.2) is 0 Å². The van der Waals surface area contributed by atoms with Gasteiger partial charge in [-0.25, -0.2) is 0 Å². The average Bonchev–Trinajstić information content (AvgIpc) is 2.91. The summed E-state index contributed by atoms with van der Waals surface area (Å²) in [6.45, 7) is 7.34. The fourth-order valence-corrected chi connectivity index (χ4v) is 4.43. The van der Waals surface area contributed by atoms with Gasteiger partial charge in [0.25, 0.3) is 0 Å². The van der Waals surface area contributed by atoms with E-state index in [9.17, 15) is 4.79 Å². The second-order valence-electron chi connectivity index (χ2n) is 11.1. The molecule has 3 N–H and O–H groups in total. The van der Waals surface area contributed by atoms with E-state index in [1.165, 1.54) is 141 Å². The summed E-state index contributed by atoms with van der Waals surface area (Å²) in [5, 5.41) is 25.4. The van der Waals surface area contributed by atoms with Crippen molar-refractivity contribution in [1.29, 1.82) is 0 Å². The highest BCUT2D eigenvalue weighted by Crippen LogP contribution is 2.12. The maximum Gasteiger partial charge on any atom is 0.303 e. The molecule has 0 aliphatic heterocycles. The second-order valence-corrected chi connectivity index (χ2v) is 11.1.